The van der Waals surface area contributed by atoms with Crippen LogP contribution < -0.4 is 10.3 Å². The Labute approximate surface area is 179 Å². The van der Waals surface area contributed by atoms with Crippen molar-refractivity contribution < 1.29 is 13.2 Å². The molecule has 0 saturated heterocycles. The molecule has 1 N–H and O–H groups in total. The molecule has 6 nitrogen and oxygen atoms in total. The van der Waals surface area contributed by atoms with E-state index in [9.17, 15) is 13.2 Å². The molecular weight excluding hydrogens is 400 g/mol. The normalized spacial score (nSPS) is 20.8. The average Bonchev–Trinajstić information content (AvgIpc) is 2.71. The number of pyridine rings is 1. The molecule has 1 fully saturated rings. The van der Waals surface area contributed by atoms with Gasteiger partial charge in [-0.05, 0) is 62.6 Å². The third kappa shape index (κ3) is 6.27. The minimum absolute atomic E-state index is 0.114. The van der Waals surface area contributed by atoms with Crippen molar-refractivity contribution in [3.05, 3.63) is 69.6 Å². The van der Waals surface area contributed by atoms with Gasteiger partial charge in [-0.1, -0.05) is 30.3 Å². The lowest BCUT2D eigenvalue weighted by atomic mass is 9.83. The highest BCUT2D eigenvalue weighted by atomic mass is 32.2. The summed E-state index contributed by atoms with van der Waals surface area (Å²) in [7, 11) is -3.36. The van der Waals surface area contributed by atoms with Gasteiger partial charge in [0.05, 0.1) is 25.0 Å². The highest BCUT2D eigenvalue weighted by Crippen LogP contribution is 2.34. The lowest BCUT2D eigenvalue weighted by Gasteiger charge is -2.30. The van der Waals surface area contributed by atoms with E-state index in [2.05, 4.69) is 29.0 Å². The van der Waals surface area contributed by atoms with Crippen molar-refractivity contribution in [2.45, 2.75) is 57.6 Å². The van der Waals surface area contributed by atoms with Crippen molar-refractivity contribution in [1.29, 1.82) is 0 Å². The van der Waals surface area contributed by atoms with E-state index in [4.69, 9.17) is 4.74 Å². The molecule has 1 aliphatic rings. The predicted molar refractivity (Wildman–Crippen MR) is 119 cm³/mol. The van der Waals surface area contributed by atoms with Crippen LogP contribution in [0.2, 0.25) is 0 Å². The molecule has 30 heavy (non-hydrogen) atoms. The lowest BCUT2D eigenvalue weighted by molar-refractivity contribution is 0.00732. The van der Waals surface area contributed by atoms with Crippen LogP contribution in [0.3, 0.4) is 0 Å². The summed E-state index contributed by atoms with van der Waals surface area (Å²) in [6.45, 7) is 4.13. The van der Waals surface area contributed by atoms with Gasteiger partial charge in [0.25, 0.3) is 5.56 Å². The van der Waals surface area contributed by atoms with Crippen molar-refractivity contribution in [3.8, 4) is 0 Å². The largest absolute Gasteiger partial charge is 0.376 e. The van der Waals surface area contributed by atoms with Gasteiger partial charge in [-0.2, -0.15) is 0 Å². The predicted octanol–water partition coefficient (Wildman–Crippen LogP) is 3.30. The Balaban J connectivity index is 1.65. The third-order valence-electron chi connectivity index (χ3n) is 5.80. The summed E-state index contributed by atoms with van der Waals surface area (Å²) in [4.78, 5) is 12.7. The van der Waals surface area contributed by atoms with Crippen LogP contribution in [0.1, 0.15) is 54.3 Å². The minimum atomic E-state index is -3.36. The summed E-state index contributed by atoms with van der Waals surface area (Å²) in [5.74, 6) is 0.566. The first-order chi connectivity index (χ1) is 14.2. The van der Waals surface area contributed by atoms with Gasteiger partial charge in [-0.25, -0.2) is 13.1 Å². The van der Waals surface area contributed by atoms with E-state index in [1.165, 1.54) is 5.56 Å². The summed E-state index contributed by atoms with van der Waals surface area (Å²) in [6, 6.07) is 12.0. The minimum Gasteiger partial charge on any atom is -0.376 e. The molecule has 0 unspecified atom stereocenters. The van der Waals surface area contributed by atoms with Crippen molar-refractivity contribution in [2.75, 3.05) is 19.4 Å². The van der Waals surface area contributed by atoms with Gasteiger partial charge in [0.1, 0.15) is 0 Å². The average molecular weight is 433 g/mol. The standard InChI is InChI=1S/C23H32N2O4S/c1-17-13-18(2)23(26)25(15-17)21(14-24-30(3,27)28)16-29-22-11-9-20(10-12-22)19-7-5-4-6-8-19/h4-8,13,15,20-22,24H,9-12,14,16H2,1-3H3/t20?,21-,22?/m1/s1. The van der Waals surface area contributed by atoms with E-state index < -0.39 is 16.1 Å². The van der Waals surface area contributed by atoms with Crippen LogP contribution in [-0.2, 0) is 14.8 Å². The summed E-state index contributed by atoms with van der Waals surface area (Å²) >= 11 is 0. The van der Waals surface area contributed by atoms with Crippen molar-refractivity contribution in [1.82, 2.24) is 9.29 Å². The van der Waals surface area contributed by atoms with Crippen molar-refractivity contribution >= 4 is 10.0 Å². The molecule has 2 aromatic rings. The number of hydrogen-bond acceptors (Lipinski definition) is 4. The molecule has 0 radical (unpaired) electrons. The molecule has 0 aliphatic heterocycles. The fourth-order valence-electron chi connectivity index (χ4n) is 4.21. The molecule has 3 rings (SSSR count). The number of nitrogens with zero attached hydrogens (tertiary/aromatic N) is 1. The first-order valence-electron chi connectivity index (χ1n) is 10.5. The first kappa shape index (κ1) is 22.7. The zero-order valence-electron chi connectivity index (χ0n) is 18.0. The Morgan fingerprint density at radius 2 is 1.80 bits per heavy atom. The number of nitrogens with one attached hydrogen (secondary N) is 1. The quantitative estimate of drug-likeness (QED) is 0.694. The Morgan fingerprint density at radius 3 is 2.43 bits per heavy atom. The van der Waals surface area contributed by atoms with E-state index in [1.807, 2.05) is 19.1 Å². The van der Waals surface area contributed by atoms with Gasteiger partial charge in [-0.15, -0.1) is 0 Å². The number of aromatic nitrogens is 1. The fraction of sp³-hybridized carbons (Fsp3) is 0.522. The maximum absolute atomic E-state index is 12.7. The topological polar surface area (TPSA) is 77.4 Å². The van der Waals surface area contributed by atoms with Crippen LogP contribution in [0.4, 0.5) is 0 Å². The van der Waals surface area contributed by atoms with Crippen LogP contribution in [-0.4, -0.2) is 38.5 Å². The van der Waals surface area contributed by atoms with E-state index in [-0.39, 0.29) is 18.2 Å². The van der Waals surface area contributed by atoms with Crippen molar-refractivity contribution in [3.63, 3.8) is 0 Å². The van der Waals surface area contributed by atoms with Gasteiger partial charge < -0.3 is 9.30 Å². The summed E-state index contributed by atoms with van der Waals surface area (Å²) in [5.41, 5.74) is 2.87. The maximum Gasteiger partial charge on any atom is 0.253 e. The summed E-state index contributed by atoms with van der Waals surface area (Å²) in [5, 5.41) is 0. The molecule has 1 aliphatic carbocycles. The third-order valence-corrected chi connectivity index (χ3v) is 6.49. The van der Waals surface area contributed by atoms with Crippen LogP contribution in [0.25, 0.3) is 0 Å². The van der Waals surface area contributed by atoms with Gasteiger partial charge >= 0.3 is 0 Å². The summed E-state index contributed by atoms with van der Waals surface area (Å²) in [6.07, 6.45) is 7.11. The number of hydrogen-bond donors (Lipinski definition) is 1. The smallest absolute Gasteiger partial charge is 0.253 e. The monoisotopic (exact) mass is 432 g/mol. The van der Waals surface area contributed by atoms with Crippen molar-refractivity contribution in [2.24, 2.45) is 0 Å². The highest BCUT2D eigenvalue weighted by Gasteiger charge is 2.24. The molecule has 1 heterocycles. The van der Waals surface area contributed by atoms with E-state index >= 15 is 0 Å². The lowest BCUT2D eigenvalue weighted by Crippen LogP contribution is -2.38. The van der Waals surface area contributed by atoms with E-state index in [1.54, 1.807) is 17.7 Å². The zero-order chi connectivity index (χ0) is 21.7. The molecule has 164 valence electrons. The summed E-state index contributed by atoms with van der Waals surface area (Å²) < 4.78 is 33.6. The van der Waals surface area contributed by atoms with E-state index in [0.717, 1.165) is 37.5 Å². The number of ether oxygens (including phenoxy) is 1. The molecule has 1 atom stereocenters. The fourth-order valence-corrected chi connectivity index (χ4v) is 4.71. The second-order valence-corrected chi connectivity index (χ2v) is 10.2. The second-order valence-electron chi connectivity index (χ2n) is 8.40. The first-order valence-corrected chi connectivity index (χ1v) is 12.4. The van der Waals surface area contributed by atoms with Crippen LogP contribution in [0.15, 0.2) is 47.4 Å². The van der Waals surface area contributed by atoms with Crippen LogP contribution in [0, 0.1) is 13.8 Å². The Morgan fingerprint density at radius 1 is 1.13 bits per heavy atom. The zero-order valence-corrected chi connectivity index (χ0v) is 18.8. The molecule has 0 bridgehead atoms. The Kier molecular flexibility index (Phi) is 7.50. The Bertz CT molecular complexity index is 994. The SMILES string of the molecule is Cc1cc(C)c(=O)n([C@H](CNS(C)(=O)=O)COC2CCC(c3ccccc3)CC2)c1. The molecular formula is C23H32N2O4S. The Hall–Kier alpha value is -1.96. The molecule has 7 heteroatoms. The highest BCUT2D eigenvalue weighted by molar-refractivity contribution is 7.88. The molecule has 0 spiro atoms. The van der Waals surface area contributed by atoms with Gasteiger partial charge in [0.2, 0.25) is 10.0 Å². The number of benzene rings is 1. The molecule has 1 aromatic heterocycles. The number of sulfonamides is 1. The maximum atomic E-state index is 12.7. The molecule has 1 saturated carbocycles. The van der Waals surface area contributed by atoms with Crippen LogP contribution in [0.5, 0.6) is 0 Å². The second kappa shape index (κ2) is 9.90. The number of aryl methyl sites for hydroxylation is 2. The van der Waals surface area contributed by atoms with Gasteiger partial charge in [0, 0.05) is 18.3 Å². The molecule has 0 amide bonds. The van der Waals surface area contributed by atoms with Gasteiger partial charge in [-0.3, -0.25) is 4.79 Å². The number of rotatable bonds is 8. The molecule has 1 aromatic carbocycles. The van der Waals surface area contributed by atoms with Crippen LogP contribution >= 0.6 is 0 Å². The van der Waals surface area contributed by atoms with Gasteiger partial charge in [0.15, 0.2) is 0 Å². The van der Waals surface area contributed by atoms with E-state index in [0.29, 0.717) is 18.1 Å².